The zero-order valence-corrected chi connectivity index (χ0v) is 11.6. The largest absolute Gasteiger partial charge is 0.461 e. The predicted molar refractivity (Wildman–Crippen MR) is 72.8 cm³/mol. The van der Waals surface area contributed by atoms with Crippen molar-refractivity contribution in [1.29, 1.82) is 0 Å². The van der Waals surface area contributed by atoms with Crippen LogP contribution in [-0.4, -0.2) is 36.1 Å². The third-order valence-corrected chi connectivity index (χ3v) is 3.13. The van der Waals surface area contributed by atoms with Gasteiger partial charge in [0.25, 0.3) is 11.8 Å². The molecule has 6 nitrogen and oxygen atoms in total. The molecule has 1 aliphatic rings. The van der Waals surface area contributed by atoms with E-state index in [0.717, 1.165) is 0 Å². The molecular formula is C15H15NO5. The van der Waals surface area contributed by atoms with Crippen LogP contribution in [0.4, 0.5) is 0 Å². The van der Waals surface area contributed by atoms with E-state index in [9.17, 15) is 14.4 Å². The van der Waals surface area contributed by atoms with Gasteiger partial charge in [0, 0.05) is 5.56 Å². The summed E-state index contributed by atoms with van der Waals surface area (Å²) < 4.78 is 4.89. The summed E-state index contributed by atoms with van der Waals surface area (Å²) in [5.41, 5.74) is -1.22. The average molecular weight is 289 g/mol. The highest BCUT2D eigenvalue weighted by Gasteiger charge is 2.53. The molecule has 1 heterocycles. The highest BCUT2D eigenvalue weighted by atomic mass is 16.7. The Kier molecular flexibility index (Phi) is 4.18. The molecule has 1 saturated heterocycles. The van der Waals surface area contributed by atoms with Crippen LogP contribution in [0.15, 0.2) is 43.0 Å². The van der Waals surface area contributed by atoms with Crippen LogP contribution < -0.4 is 0 Å². The fourth-order valence-electron chi connectivity index (χ4n) is 1.83. The number of ether oxygens (including phenoxy) is 1. The first kappa shape index (κ1) is 14.9. The van der Waals surface area contributed by atoms with Crippen molar-refractivity contribution in [3.63, 3.8) is 0 Å². The molecule has 21 heavy (non-hydrogen) atoms. The van der Waals surface area contributed by atoms with Gasteiger partial charge in [-0.3, -0.25) is 19.2 Å². The number of imide groups is 1. The fourth-order valence-corrected chi connectivity index (χ4v) is 1.83. The van der Waals surface area contributed by atoms with Gasteiger partial charge in [0.15, 0.2) is 5.41 Å². The Balaban J connectivity index is 2.16. The summed E-state index contributed by atoms with van der Waals surface area (Å²) in [5.74, 6) is -2.08. The van der Waals surface area contributed by atoms with E-state index in [1.165, 1.54) is 13.0 Å². The number of esters is 1. The van der Waals surface area contributed by atoms with Crippen LogP contribution in [0.2, 0.25) is 0 Å². The second-order valence-corrected chi connectivity index (χ2v) is 4.76. The van der Waals surface area contributed by atoms with Gasteiger partial charge in [0.2, 0.25) is 0 Å². The Bertz CT molecular complexity index is 583. The molecule has 0 radical (unpaired) electrons. The highest BCUT2D eigenvalue weighted by molar-refractivity contribution is 6.12. The number of nitrogens with zero attached hydrogens (tertiary/aromatic N) is 1. The Morgan fingerprint density at radius 1 is 1.43 bits per heavy atom. The lowest BCUT2D eigenvalue weighted by atomic mass is 9.91. The van der Waals surface area contributed by atoms with Crippen LogP contribution in [0.5, 0.6) is 0 Å². The van der Waals surface area contributed by atoms with Crippen molar-refractivity contribution in [2.45, 2.75) is 6.92 Å². The summed E-state index contributed by atoms with van der Waals surface area (Å²) in [6, 6.07) is 8.21. The Morgan fingerprint density at radius 2 is 2.10 bits per heavy atom. The van der Waals surface area contributed by atoms with E-state index in [1.54, 1.807) is 30.3 Å². The van der Waals surface area contributed by atoms with Crippen molar-refractivity contribution in [2.24, 2.45) is 5.41 Å². The molecule has 1 aromatic rings. The highest BCUT2D eigenvalue weighted by Crippen LogP contribution is 2.30. The van der Waals surface area contributed by atoms with Gasteiger partial charge >= 0.3 is 5.97 Å². The quantitative estimate of drug-likeness (QED) is 0.362. The van der Waals surface area contributed by atoms with Crippen LogP contribution in [0, 0.1) is 5.41 Å². The summed E-state index contributed by atoms with van der Waals surface area (Å²) in [6.45, 7) is 4.57. The molecule has 1 aromatic carbocycles. The van der Waals surface area contributed by atoms with Crippen molar-refractivity contribution in [3.05, 3.63) is 48.6 Å². The van der Waals surface area contributed by atoms with E-state index < -0.39 is 23.2 Å². The van der Waals surface area contributed by atoms with Gasteiger partial charge < -0.3 is 4.74 Å². The number of hydrogen-bond acceptors (Lipinski definition) is 5. The van der Waals surface area contributed by atoms with Crippen molar-refractivity contribution in [1.82, 2.24) is 5.06 Å². The monoisotopic (exact) mass is 289 g/mol. The van der Waals surface area contributed by atoms with Crippen LogP contribution in [0.1, 0.15) is 17.3 Å². The topological polar surface area (TPSA) is 72.9 Å². The zero-order valence-electron chi connectivity index (χ0n) is 11.6. The summed E-state index contributed by atoms with van der Waals surface area (Å²) in [7, 11) is 0. The van der Waals surface area contributed by atoms with E-state index in [1.807, 2.05) is 0 Å². The second-order valence-electron chi connectivity index (χ2n) is 4.76. The minimum atomic E-state index is -1.52. The molecule has 0 aromatic heterocycles. The number of rotatable bonds is 4. The van der Waals surface area contributed by atoms with Crippen molar-refractivity contribution in [3.8, 4) is 0 Å². The van der Waals surface area contributed by atoms with Gasteiger partial charge in [0.1, 0.15) is 13.2 Å². The minimum Gasteiger partial charge on any atom is -0.461 e. The summed E-state index contributed by atoms with van der Waals surface area (Å²) in [4.78, 5) is 41.5. The summed E-state index contributed by atoms with van der Waals surface area (Å²) in [5, 5.41) is 0.616. The van der Waals surface area contributed by atoms with E-state index in [2.05, 4.69) is 6.58 Å². The van der Waals surface area contributed by atoms with Gasteiger partial charge in [0.05, 0.1) is 0 Å². The number of carbonyl (C=O) groups excluding carboxylic acids is 3. The molecule has 6 heteroatoms. The van der Waals surface area contributed by atoms with Crippen LogP contribution in [0.3, 0.4) is 0 Å². The Hall–Kier alpha value is -2.47. The minimum absolute atomic E-state index is 0.00562. The lowest BCUT2D eigenvalue weighted by Crippen LogP contribution is -2.42. The van der Waals surface area contributed by atoms with Crippen LogP contribution in [0.25, 0.3) is 0 Å². The zero-order chi connectivity index (χ0) is 15.5. The molecule has 0 N–H and O–H groups in total. The first-order valence-corrected chi connectivity index (χ1v) is 6.35. The predicted octanol–water partition coefficient (Wildman–Crippen LogP) is 1.34. The number of benzene rings is 1. The normalized spacial score (nSPS) is 21.2. The lowest BCUT2D eigenvalue weighted by molar-refractivity contribution is -0.158. The maximum Gasteiger partial charge on any atom is 0.324 e. The maximum atomic E-state index is 12.3. The third kappa shape index (κ3) is 2.71. The van der Waals surface area contributed by atoms with Crippen molar-refractivity contribution in [2.75, 3.05) is 13.2 Å². The SMILES string of the molecule is C=CCOC(=O)C1(C)CON(C(=O)c2ccccc2)C1=O. The van der Waals surface area contributed by atoms with Gasteiger partial charge in [-0.15, -0.1) is 5.06 Å². The molecule has 0 saturated carbocycles. The van der Waals surface area contributed by atoms with E-state index in [0.29, 0.717) is 10.6 Å². The molecule has 2 amide bonds. The average Bonchev–Trinajstić information content (AvgIpc) is 2.82. The number of carbonyl (C=O) groups is 3. The standard InChI is InChI=1S/C15H15NO5/c1-3-9-20-14(19)15(2)10-21-16(13(15)18)12(17)11-7-5-4-6-8-11/h3-8H,1,9-10H2,2H3. The molecule has 0 aliphatic carbocycles. The Labute approximate surface area is 121 Å². The second kappa shape index (κ2) is 5.88. The van der Waals surface area contributed by atoms with Gasteiger partial charge in [-0.25, -0.2) is 0 Å². The molecule has 0 spiro atoms. The van der Waals surface area contributed by atoms with Crippen molar-refractivity contribution >= 4 is 17.8 Å². The van der Waals surface area contributed by atoms with Crippen LogP contribution in [-0.2, 0) is 19.2 Å². The summed E-state index contributed by atoms with van der Waals surface area (Å²) >= 11 is 0. The van der Waals surface area contributed by atoms with E-state index in [-0.39, 0.29) is 13.2 Å². The molecule has 1 aliphatic heterocycles. The number of hydroxylamine groups is 2. The molecule has 1 fully saturated rings. The van der Waals surface area contributed by atoms with Gasteiger partial charge in [-0.05, 0) is 19.1 Å². The molecular weight excluding hydrogens is 274 g/mol. The molecule has 0 bridgehead atoms. The first-order valence-electron chi connectivity index (χ1n) is 6.35. The van der Waals surface area contributed by atoms with Gasteiger partial charge in [-0.1, -0.05) is 30.9 Å². The van der Waals surface area contributed by atoms with E-state index >= 15 is 0 Å². The third-order valence-electron chi connectivity index (χ3n) is 3.13. The van der Waals surface area contributed by atoms with Crippen LogP contribution >= 0.6 is 0 Å². The van der Waals surface area contributed by atoms with Gasteiger partial charge in [-0.2, -0.15) is 0 Å². The fraction of sp³-hybridized carbons (Fsp3) is 0.267. The summed E-state index contributed by atoms with van der Waals surface area (Å²) in [6.07, 6.45) is 1.40. The van der Waals surface area contributed by atoms with Crippen molar-refractivity contribution < 1.29 is 24.0 Å². The first-order chi connectivity index (χ1) is 10.0. The smallest absolute Gasteiger partial charge is 0.324 e. The number of amides is 2. The number of hydrogen-bond donors (Lipinski definition) is 0. The molecule has 1 atom stereocenters. The van der Waals surface area contributed by atoms with E-state index in [4.69, 9.17) is 9.57 Å². The molecule has 110 valence electrons. The molecule has 2 rings (SSSR count). The lowest BCUT2D eigenvalue weighted by Gasteiger charge is -2.17. The maximum absolute atomic E-state index is 12.3. The molecule has 1 unspecified atom stereocenters. The Morgan fingerprint density at radius 3 is 2.71 bits per heavy atom.